The Morgan fingerprint density at radius 1 is 1.28 bits per heavy atom. The van der Waals surface area contributed by atoms with Crippen LogP contribution in [-0.2, 0) is 23.1 Å². The van der Waals surface area contributed by atoms with Gasteiger partial charge in [-0.15, -0.1) is 5.10 Å². The van der Waals surface area contributed by atoms with E-state index in [1.165, 1.54) is 0 Å². The van der Waals surface area contributed by atoms with Crippen molar-refractivity contribution in [3.05, 3.63) is 16.8 Å². The molecule has 0 aliphatic carbocycles. The number of methoxy groups -OCH3 is 1. The Morgan fingerprint density at radius 2 is 2.03 bits per heavy atom. The maximum Gasteiger partial charge on any atom is 0.242 e. The second-order valence-electron chi connectivity index (χ2n) is 7.99. The van der Waals surface area contributed by atoms with Gasteiger partial charge >= 0.3 is 0 Å². The number of carbonyl (C=O) groups is 2. The predicted molar refractivity (Wildman–Crippen MR) is 111 cm³/mol. The molecule has 1 atom stereocenters. The Bertz CT molecular complexity index is 921. The van der Waals surface area contributed by atoms with Crippen LogP contribution in [0.15, 0.2) is 0 Å². The number of likely N-dealkylation sites (tertiary alicyclic amines) is 1. The molecule has 0 bridgehead atoms. The van der Waals surface area contributed by atoms with Gasteiger partial charge in [-0.1, -0.05) is 0 Å². The van der Waals surface area contributed by atoms with Gasteiger partial charge in [-0.05, 0) is 56.6 Å². The maximum absolute atomic E-state index is 12.8. The topological polar surface area (TPSA) is 103 Å². The zero-order chi connectivity index (χ0) is 21.1. The zero-order valence-electron chi connectivity index (χ0n) is 17.8. The number of primary amides is 1. The van der Waals surface area contributed by atoms with E-state index >= 15 is 0 Å². The van der Waals surface area contributed by atoms with Crippen molar-refractivity contribution in [2.24, 2.45) is 18.7 Å². The number of pyridine rings is 1. The monoisotopic (exact) mass is 401 g/mol. The summed E-state index contributed by atoms with van der Waals surface area (Å²) in [5, 5.41) is 5.29. The molecular weight excluding hydrogens is 370 g/mol. The fourth-order valence-corrected chi connectivity index (χ4v) is 4.37. The average Bonchev–Trinajstić information content (AvgIpc) is 3.02. The number of amides is 2. The molecule has 1 saturated heterocycles. The highest BCUT2D eigenvalue weighted by molar-refractivity contribution is 5.86. The summed E-state index contributed by atoms with van der Waals surface area (Å²) in [4.78, 5) is 30.5. The van der Waals surface area contributed by atoms with Crippen molar-refractivity contribution >= 4 is 22.8 Å². The number of nitrogens with two attached hydrogens (primary N) is 1. The molecule has 2 N–H and O–H groups in total. The van der Waals surface area contributed by atoms with Gasteiger partial charge in [-0.25, -0.2) is 9.67 Å². The maximum atomic E-state index is 12.8. The van der Waals surface area contributed by atoms with Gasteiger partial charge in [0.2, 0.25) is 17.7 Å². The summed E-state index contributed by atoms with van der Waals surface area (Å²) >= 11 is 0. The summed E-state index contributed by atoms with van der Waals surface area (Å²) in [5.74, 6) is 0.814. The summed E-state index contributed by atoms with van der Waals surface area (Å²) in [6, 6.07) is 0. The molecule has 1 unspecified atom stereocenters. The predicted octanol–water partition coefficient (Wildman–Crippen LogP) is 2.03. The van der Waals surface area contributed by atoms with Crippen LogP contribution in [-0.4, -0.2) is 51.7 Å². The lowest BCUT2D eigenvalue weighted by Crippen LogP contribution is -2.40. The molecule has 158 valence electrons. The molecule has 0 aromatic carbocycles. The first-order chi connectivity index (χ1) is 13.8. The quantitative estimate of drug-likeness (QED) is 0.765. The van der Waals surface area contributed by atoms with Crippen LogP contribution in [0, 0.1) is 19.8 Å². The summed E-state index contributed by atoms with van der Waals surface area (Å²) in [5.41, 5.74) is 9.14. The number of aryl methyl sites for hydroxylation is 3. The van der Waals surface area contributed by atoms with Crippen molar-refractivity contribution in [1.29, 1.82) is 0 Å². The van der Waals surface area contributed by atoms with E-state index in [1.807, 2.05) is 25.8 Å². The molecular formula is C21H31N5O3. The molecule has 0 spiro atoms. The lowest BCUT2D eigenvalue weighted by molar-refractivity contribution is -0.133. The normalized spacial score (nSPS) is 17.0. The average molecular weight is 402 g/mol. The number of hydrogen-bond donors (Lipinski definition) is 1. The van der Waals surface area contributed by atoms with Crippen molar-refractivity contribution < 1.29 is 14.3 Å². The summed E-state index contributed by atoms with van der Waals surface area (Å²) < 4.78 is 7.14. The molecule has 0 radical (unpaired) electrons. The van der Waals surface area contributed by atoms with Crippen LogP contribution in [0.5, 0.6) is 5.88 Å². The van der Waals surface area contributed by atoms with Crippen molar-refractivity contribution in [1.82, 2.24) is 19.7 Å². The van der Waals surface area contributed by atoms with E-state index in [1.54, 1.807) is 11.8 Å². The SMILES string of the molecule is COc1nn(C)c2nc(C)c(CCC(=O)N3CCCC(CCC(N)=O)C3)c(C)c12. The molecule has 8 heteroatoms. The highest BCUT2D eigenvalue weighted by atomic mass is 16.5. The van der Waals surface area contributed by atoms with E-state index in [9.17, 15) is 9.59 Å². The molecule has 2 aromatic rings. The first-order valence-corrected chi connectivity index (χ1v) is 10.2. The van der Waals surface area contributed by atoms with Crippen LogP contribution in [0.25, 0.3) is 11.0 Å². The van der Waals surface area contributed by atoms with Gasteiger partial charge in [0.25, 0.3) is 0 Å². The smallest absolute Gasteiger partial charge is 0.242 e. The molecule has 3 heterocycles. The van der Waals surface area contributed by atoms with E-state index in [-0.39, 0.29) is 11.8 Å². The van der Waals surface area contributed by atoms with Gasteiger partial charge in [-0.3, -0.25) is 9.59 Å². The van der Waals surface area contributed by atoms with Crippen LogP contribution < -0.4 is 10.5 Å². The molecule has 1 fully saturated rings. The molecule has 3 rings (SSSR count). The number of carbonyl (C=O) groups excluding carboxylic acids is 2. The van der Waals surface area contributed by atoms with Gasteiger partial charge in [0.05, 0.1) is 12.5 Å². The molecule has 1 aliphatic rings. The second kappa shape index (κ2) is 8.80. The summed E-state index contributed by atoms with van der Waals surface area (Å²) in [7, 11) is 3.46. The Hall–Kier alpha value is -2.64. The number of rotatable bonds is 7. The Labute approximate surface area is 171 Å². The Balaban J connectivity index is 1.70. The lowest BCUT2D eigenvalue weighted by Gasteiger charge is -2.33. The van der Waals surface area contributed by atoms with Crippen LogP contribution >= 0.6 is 0 Å². The van der Waals surface area contributed by atoms with E-state index < -0.39 is 0 Å². The number of aromatic nitrogens is 3. The molecule has 2 amide bonds. The summed E-state index contributed by atoms with van der Waals surface area (Å²) in [6.07, 6.45) is 4.27. The van der Waals surface area contributed by atoms with Gasteiger partial charge in [0.15, 0.2) is 5.65 Å². The van der Waals surface area contributed by atoms with Crippen LogP contribution in [0.2, 0.25) is 0 Å². The van der Waals surface area contributed by atoms with E-state index in [4.69, 9.17) is 15.5 Å². The number of nitrogens with zero attached hydrogens (tertiary/aromatic N) is 4. The van der Waals surface area contributed by atoms with Gasteiger partial charge < -0.3 is 15.4 Å². The zero-order valence-corrected chi connectivity index (χ0v) is 17.8. The van der Waals surface area contributed by atoms with Crippen LogP contribution in [0.1, 0.15) is 48.9 Å². The third-order valence-electron chi connectivity index (χ3n) is 5.98. The van der Waals surface area contributed by atoms with Crippen LogP contribution in [0.4, 0.5) is 0 Å². The summed E-state index contributed by atoms with van der Waals surface area (Å²) in [6.45, 7) is 5.53. The van der Waals surface area contributed by atoms with Gasteiger partial charge in [-0.2, -0.15) is 0 Å². The first kappa shape index (κ1) is 21.1. The Kier molecular flexibility index (Phi) is 6.39. The lowest BCUT2D eigenvalue weighted by atomic mass is 9.92. The third-order valence-corrected chi connectivity index (χ3v) is 5.98. The molecule has 2 aromatic heterocycles. The molecule has 1 aliphatic heterocycles. The highest BCUT2D eigenvalue weighted by Gasteiger charge is 2.24. The second-order valence-corrected chi connectivity index (χ2v) is 7.99. The third kappa shape index (κ3) is 4.52. The van der Waals surface area contributed by atoms with Crippen LogP contribution in [0.3, 0.4) is 0 Å². The standard InChI is InChI=1S/C21H31N5O3/c1-13-16(14(2)23-20-19(13)21(29-4)24-25(20)3)8-10-18(28)26-11-5-6-15(12-26)7-9-17(22)27/h15H,5-12H2,1-4H3,(H2,22,27). The number of piperidine rings is 1. The minimum atomic E-state index is -0.270. The molecule has 8 nitrogen and oxygen atoms in total. The fraction of sp³-hybridized carbons (Fsp3) is 0.619. The Morgan fingerprint density at radius 3 is 2.72 bits per heavy atom. The van der Waals surface area contributed by atoms with Crippen molar-refractivity contribution in [3.63, 3.8) is 0 Å². The minimum absolute atomic E-state index is 0.158. The van der Waals surface area contributed by atoms with Crippen molar-refractivity contribution in [2.75, 3.05) is 20.2 Å². The fourth-order valence-electron chi connectivity index (χ4n) is 4.37. The van der Waals surface area contributed by atoms with E-state index in [2.05, 4.69) is 5.10 Å². The number of ether oxygens (including phenoxy) is 1. The molecule has 0 saturated carbocycles. The highest BCUT2D eigenvalue weighted by Crippen LogP contribution is 2.30. The molecule has 29 heavy (non-hydrogen) atoms. The van der Waals surface area contributed by atoms with Gasteiger partial charge in [0, 0.05) is 38.7 Å². The minimum Gasteiger partial charge on any atom is -0.479 e. The van der Waals surface area contributed by atoms with Crippen molar-refractivity contribution in [3.8, 4) is 5.88 Å². The first-order valence-electron chi connectivity index (χ1n) is 10.2. The number of fused-ring (bicyclic) bond motifs is 1. The van der Waals surface area contributed by atoms with Gasteiger partial charge in [0.1, 0.15) is 0 Å². The largest absolute Gasteiger partial charge is 0.479 e. The number of hydrogen-bond acceptors (Lipinski definition) is 5. The van der Waals surface area contributed by atoms with E-state index in [0.29, 0.717) is 31.1 Å². The van der Waals surface area contributed by atoms with Crippen molar-refractivity contribution in [2.45, 2.75) is 52.4 Å². The van der Waals surface area contributed by atoms with E-state index in [0.717, 1.165) is 60.2 Å².